The SMILES string of the molecule is OC1CC(c2cc(F)ccc2Br)Oc2cc(F)ccc21. The molecule has 2 aromatic rings. The van der Waals surface area contributed by atoms with Crippen LogP contribution < -0.4 is 4.74 Å². The third kappa shape index (κ3) is 2.43. The maximum atomic E-state index is 13.4. The quantitative estimate of drug-likeness (QED) is 0.839. The molecule has 0 aliphatic carbocycles. The fourth-order valence-corrected chi connectivity index (χ4v) is 2.87. The molecule has 2 atom stereocenters. The van der Waals surface area contributed by atoms with Gasteiger partial charge < -0.3 is 9.84 Å². The Labute approximate surface area is 123 Å². The number of fused-ring (bicyclic) bond motifs is 1. The van der Waals surface area contributed by atoms with Crippen molar-refractivity contribution < 1.29 is 18.6 Å². The van der Waals surface area contributed by atoms with E-state index in [0.29, 0.717) is 27.8 Å². The van der Waals surface area contributed by atoms with Crippen molar-refractivity contribution in [1.82, 2.24) is 0 Å². The van der Waals surface area contributed by atoms with Crippen LogP contribution in [0.2, 0.25) is 0 Å². The van der Waals surface area contributed by atoms with Crippen LogP contribution in [-0.4, -0.2) is 5.11 Å². The van der Waals surface area contributed by atoms with E-state index < -0.39 is 18.0 Å². The molecule has 0 aromatic heterocycles. The molecule has 2 nitrogen and oxygen atoms in total. The predicted octanol–water partition coefficient (Wildman–Crippen LogP) is 4.28. The van der Waals surface area contributed by atoms with Gasteiger partial charge in [-0.15, -0.1) is 0 Å². The second-order valence-electron chi connectivity index (χ2n) is 4.71. The van der Waals surface area contributed by atoms with E-state index in [1.165, 1.54) is 30.3 Å². The van der Waals surface area contributed by atoms with Crippen molar-refractivity contribution in [3.05, 3.63) is 63.6 Å². The van der Waals surface area contributed by atoms with Crippen molar-refractivity contribution in [3.8, 4) is 5.75 Å². The van der Waals surface area contributed by atoms with Gasteiger partial charge in [0.2, 0.25) is 0 Å². The highest BCUT2D eigenvalue weighted by Gasteiger charge is 2.29. The predicted molar refractivity (Wildman–Crippen MR) is 73.4 cm³/mol. The molecule has 5 heteroatoms. The Balaban J connectivity index is 2.00. The molecule has 2 unspecified atom stereocenters. The molecule has 0 spiro atoms. The van der Waals surface area contributed by atoms with Gasteiger partial charge in [0.1, 0.15) is 23.5 Å². The van der Waals surface area contributed by atoms with Gasteiger partial charge >= 0.3 is 0 Å². The number of hydrogen-bond donors (Lipinski definition) is 1. The van der Waals surface area contributed by atoms with Gasteiger partial charge in [-0.25, -0.2) is 8.78 Å². The summed E-state index contributed by atoms with van der Waals surface area (Å²) in [6, 6.07) is 8.29. The summed E-state index contributed by atoms with van der Waals surface area (Å²) in [5, 5.41) is 10.1. The van der Waals surface area contributed by atoms with Gasteiger partial charge in [-0.1, -0.05) is 15.9 Å². The molecule has 1 N–H and O–H groups in total. The minimum atomic E-state index is -0.764. The van der Waals surface area contributed by atoms with Crippen molar-refractivity contribution in [2.45, 2.75) is 18.6 Å². The fraction of sp³-hybridized carbons (Fsp3) is 0.200. The molecule has 0 amide bonds. The van der Waals surface area contributed by atoms with E-state index in [2.05, 4.69) is 15.9 Å². The van der Waals surface area contributed by atoms with E-state index in [-0.39, 0.29) is 5.82 Å². The molecule has 0 fully saturated rings. The lowest BCUT2D eigenvalue weighted by Gasteiger charge is -2.30. The molecule has 0 bridgehead atoms. The lowest BCUT2D eigenvalue weighted by atomic mass is 9.95. The number of aliphatic hydroxyl groups is 1. The van der Waals surface area contributed by atoms with Crippen molar-refractivity contribution in [1.29, 1.82) is 0 Å². The van der Waals surface area contributed by atoms with Gasteiger partial charge in [-0.2, -0.15) is 0 Å². The van der Waals surface area contributed by atoms with E-state index in [1.54, 1.807) is 6.07 Å². The molecule has 104 valence electrons. The van der Waals surface area contributed by atoms with Crippen molar-refractivity contribution >= 4 is 15.9 Å². The van der Waals surface area contributed by atoms with Crippen LogP contribution in [-0.2, 0) is 0 Å². The van der Waals surface area contributed by atoms with E-state index >= 15 is 0 Å². The standard InChI is InChI=1S/C15H11BrF2O2/c16-12-4-2-8(17)5-11(12)15-7-13(19)10-3-1-9(18)6-14(10)20-15/h1-6,13,15,19H,7H2. The minimum Gasteiger partial charge on any atom is -0.485 e. The van der Waals surface area contributed by atoms with Gasteiger partial charge in [0.15, 0.2) is 0 Å². The molecule has 0 saturated heterocycles. The van der Waals surface area contributed by atoms with Gasteiger partial charge in [0.25, 0.3) is 0 Å². The topological polar surface area (TPSA) is 29.5 Å². The average Bonchev–Trinajstić information content (AvgIpc) is 2.41. The average molecular weight is 341 g/mol. The number of halogens is 3. The first-order valence-corrected chi connectivity index (χ1v) is 6.93. The summed E-state index contributed by atoms with van der Waals surface area (Å²) in [7, 11) is 0. The minimum absolute atomic E-state index is 0.292. The Kier molecular flexibility index (Phi) is 3.48. The van der Waals surface area contributed by atoms with Crippen molar-refractivity contribution in [3.63, 3.8) is 0 Å². The Morgan fingerprint density at radius 2 is 1.75 bits per heavy atom. The maximum Gasteiger partial charge on any atom is 0.128 e. The molecule has 0 radical (unpaired) electrons. The van der Waals surface area contributed by atoms with Crippen LogP contribution in [0.3, 0.4) is 0 Å². The van der Waals surface area contributed by atoms with Crippen molar-refractivity contribution in [2.24, 2.45) is 0 Å². The van der Waals surface area contributed by atoms with Gasteiger partial charge in [0.05, 0.1) is 6.10 Å². The Hall–Kier alpha value is -1.46. The van der Waals surface area contributed by atoms with Crippen LogP contribution >= 0.6 is 15.9 Å². The highest BCUT2D eigenvalue weighted by atomic mass is 79.9. The van der Waals surface area contributed by atoms with Crippen LogP contribution in [0.25, 0.3) is 0 Å². The number of rotatable bonds is 1. The zero-order valence-electron chi connectivity index (χ0n) is 10.3. The van der Waals surface area contributed by atoms with Gasteiger partial charge in [-0.05, 0) is 30.3 Å². The zero-order valence-corrected chi connectivity index (χ0v) is 11.9. The van der Waals surface area contributed by atoms with E-state index in [0.717, 1.165) is 0 Å². The third-order valence-electron chi connectivity index (χ3n) is 3.35. The molecule has 1 aliphatic heterocycles. The van der Waals surface area contributed by atoms with E-state index in [4.69, 9.17) is 4.74 Å². The number of aliphatic hydroxyl groups excluding tert-OH is 1. The van der Waals surface area contributed by atoms with Crippen LogP contribution in [0.4, 0.5) is 8.78 Å². The summed E-state index contributed by atoms with van der Waals surface area (Å²) in [5.74, 6) is -0.522. The summed E-state index contributed by atoms with van der Waals surface area (Å²) in [6.07, 6.45) is -0.996. The molecular formula is C15H11BrF2O2. The molecule has 1 aliphatic rings. The van der Waals surface area contributed by atoms with Crippen molar-refractivity contribution in [2.75, 3.05) is 0 Å². The monoisotopic (exact) mass is 340 g/mol. The Bertz CT molecular complexity index is 660. The number of benzene rings is 2. The van der Waals surface area contributed by atoms with Gasteiger partial charge in [-0.3, -0.25) is 0 Å². The van der Waals surface area contributed by atoms with E-state index in [9.17, 15) is 13.9 Å². The summed E-state index contributed by atoms with van der Waals surface area (Å²) in [5.41, 5.74) is 1.15. The first kappa shape index (κ1) is 13.5. The first-order valence-electron chi connectivity index (χ1n) is 6.13. The lowest BCUT2D eigenvalue weighted by Crippen LogP contribution is -2.19. The summed E-state index contributed by atoms with van der Waals surface area (Å²) >= 11 is 3.34. The Morgan fingerprint density at radius 3 is 2.55 bits per heavy atom. The van der Waals surface area contributed by atoms with E-state index in [1.807, 2.05) is 0 Å². The third-order valence-corrected chi connectivity index (χ3v) is 4.07. The first-order chi connectivity index (χ1) is 9.54. The maximum absolute atomic E-state index is 13.4. The number of ether oxygens (including phenoxy) is 1. The Morgan fingerprint density at radius 1 is 1.05 bits per heavy atom. The van der Waals surface area contributed by atoms with Gasteiger partial charge in [0, 0.05) is 28.1 Å². The highest BCUT2D eigenvalue weighted by Crippen LogP contribution is 2.42. The molecular weight excluding hydrogens is 330 g/mol. The molecule has 0 saturated carbocycles. The molecule has 2 aromatic carbocycles. The fourth-order valence-electron chi connectivity index (χ4n) is 2.37. The van der Waals surface area contributed by atoms with Crippen LogP contribution in [0.1, 0.15) is 29.8 Å². The van der Waals surface area contributed by atoms with Crippen LogP contribution in [0.5, 0.6) is 5.75 Å². The molecule has 3 rings (SSSR count). The highest BCUT2D eigenvalue weighted by molar-refractivity contribution is 9.10. The second-order valence-corrected chi connectivity index (χ2v) is 5.56. The molecule has 1 heterocycles. The summed E-state index contributed by atoms with van der Waals surface area (Å²) in [4.78, 5) is 0. The largest absolute Gasteiger partial charge is 0.485 e. The summed E-state index contributed by atoms with van der Waals surface area (Å²) in [6.45, 7) is 0. The smallest absolute Gasteiger partial charge is 0.128 e. The second kappa shape index (κ2) is 5.14. The number of hydrogen-bond acceptors (Lipinski definition) is 2. The van der Waals surface area contributed by atoms with Crippen LogP contribution in [0, 0.1) is 11.6 Å². The lowest BCUT2D eigenvalue weighted by molar-refractivity contribution is 0.0649. The zero-order chi connectivity index (χ0) is 14.3. The molecule has 20 heavy (non-hydrogen) atoms. The van der Waals surface area contributed by atoms with Crippen LogP contribution in [0.15, 0.2) is 40.9 Å². The summed E-state index contributed by atoms with van der Waals surface area (Å²) < 4.78 is 33.0. The normalized spacial score (nSPS) is 21.2.